The van der Waals surface area contributed by atoms with E-state index in [-0.39, 0.29) is 5.56 Å². The zero-order valence-corrected chi connectivity index (χ0v) is 11.2. The molecule has 0 saturated heterocycles. The molecule has 1 aromatic rings. The van der Waals surface area contributed by atoms with Crippen LogP contribution in [0.3, 0.4) is 0 Å². The normalized spacial score (nSPS) is 10.1. The summed E-state index contributed by atoms with van der Waals surface area (Å²) in [7, 11) is 0. The highest BCUT2D eigenvalue weighted by Crippen LogP contribution is 2.16. The minimum absolute atomic E-state index is 0.286. The van der Waals surface area contributed by atoms with Gasteiger partial charge >= 0.3 is 5.97 Å². The first-order valence-electron chi connectivity index (χ1n) is 4.74. The van der Waals surface area contributed by atoms with E-state index >= 15 is 0 Å². The molecule has 0 amide bonds. The second-order valence-corrected chi connectivity index (χ2v) is 4.72. The summed E-state index contributed by atoms with van der Waals surface area (Å²) >= 11 is 2.16. The molecule has 16 heavy (non-hydrogen) atoms. The number of carboxylic acid groups (broad SMARTS) is 1. The van der Waals surface area contributed by atoms with E-state index in [1.807, 2.05) is 6.92 Å². The lowest BCUT2D eigenvalue weighted by Crippen LogP contribution is -2.02. The van der Waals surface area contributed by atoms with Gasteiger partial charge in [-0.3, -0.25) is 0 Å². The highest BCUT2D eigenvalue weighted by molar-refractivity contribution is 14.1. The van der Waals surface area contributed by atoms with E-state index in [9.17, 15) is 4.79 Å². The molecule has 0 bridgehead atoms. The van der Waals surface area contributed by atoms with Gasteiger partial charge in [0.2, 0.25) is 0 Å². The summed E-state index contributed by atoms with van der Waals surface area (Å²) in [6.45, 7) is 6.52. The molecular weight excluding hydrogens is 319 g/mol. The van der Waals surface area contributed by atoms with E-state index in [4.69, 9.17) is 9.84 Å². The van der Waals surface area contributed by atoms with Crippen LogP contribution in [-0.4, -0.2) is 17.7 Å². The Hall–Kier alpha value is -0.880. The van der Waals surface area contributed by atoms with E-state index in [0.717, 1.165) is 14.7 Å². The summed E-state index contributed by atoms with van der Waals surface area (Å²) in [5, 5.41) is 8.86. The van der Waals surface area contributed by atoms with Crippen molar-refractivity contribution in [1.82, 2.24) is 0 Å². The molecule has 0 saturated carbocycles. The smallest absolute Gasteiger partial charge is 0.335 e. The molecule has 0 radical (unpaired) electrons. The average molecular weight is 332 g/mol. The van der Waals surface area contributed by atoms with Gasteiger partial charge in [-0.25, -0.2) is 4.79 Å². The topological polar surface area (TPSA) is 46.5 Å². The van der Waals surface area contributed by atoms with Gasteiger partial charge in [0.25, 0.3) is 0 Å². The lowest BCUT2D eigenvalue weighted by molar-refractivity contribution is 0.0696. The molecule has 1 rings (SSSR count). The van der Waals surface area contributed by atoms with Crippen molar-refractivity contribution in [2.24, 2.45) is 0 Å². The number of halogens is 1. The number of hydrogen-bond donors (Lipinski definition) is 1. The zero-order valence-electron chi connectivity index (χ0n) is 9.00. The fourth-order valence-electron chi connectivity index (χ4n) is 1.15. The van der Waals surface area contributed by atoms with E-state index < -0.39 is 5.97 Å². The van der Waals surface area contributed by atoms with Gasteiger partial charge in [-0.05, 0) is 53.3 Å². The summed E-state index contributed by atoms with van der Waals surface area (Å²) in [6.07, 6.45) is 0. The SMILES string of the molecule is C=C(C)COCc1cc(C(=O)O)ccc1I. The fraction of sp³-hybridized carbons (Fsp3) is 0.250. The van der Waals surface area contributed by atoms with Crippen LogP contribution in [0.5, 0.6) is 0 Å². The van der Waals surface area contributed by atoms with Gasteiger partial charge in [0.05, 0.1) is 18.8 Å². The third-order valence-electron chi connectivity index (χ3n) is 1.90. The minimum Gasteiger partial charge on any atom is -0.478 e. The van der Waals surface area contributed by atoms with Crippen molar-refractivity contribution in [3.63, 3.8) is 0 Å². The number of carboxylic acids is 1. The maximum Gasteiger partial charge on any atom is 0.335 e. The van der Waals surface area contributed by atoms with Crippen LogP contribution in [0.1, 0.15) is 22.8 Å². The van der Waals surface area contributed by atoms with Gasteiger partial charge in [-0.15, -0.1) is 0 Å². The van der Waals surface area contributed by atoms with E-state index in [0.29, 0.717) is 13.2 Å². The number of hydrogen-bond acceptors (Lipinski definition) is 2. The summed E-state index contributed by atoms with van der Waals surface area (Å²) in [4.78, 5) is 10.8. The first kappa shape index (κ1) is 13.2. The summed E-state index contributed by atoms with van der Waals surface area (Å²) in [5.74, 6) is -0.919. The number of rotatable bonds is 5. The van der Waals surface area contributed by atoms with E-state index in [2.05, 4.69) is 29.2 Å². The summed E-state index contributed by atoms with van der Waals surface area (Å²) in [5.41, 5.74) is 2.13. The van der Waals surface area contributed by atoms with Crippen LogP contribution in [-0.2, 0) is 11.3 Å². The van der Waals surface area contributed by atoms with Gasteiger partial charge in [0.1, 0.15) is 0 Å². The molecule has 1 N–H and O–H groups in total. The molecule has 86 valence electrons. The van der Waals surface area contributed by atoms with Crippen molar-refractivity contribution < 1.29 is 14.6 Å². The van der Waals surface area contributed by atoms with Crippen molar-refractivity contribution >= 4 is 28.6 Å². The third-order valence-corrected chi connectivity index (χ3v) is 2.95. The molecule has 3 nitrogen and oxygen atoms in total. The van der Waals surface area contributed by atoms with Crippen LogP contribution in [0.25, 0.3) is 0 Å². The Kier molecular flexibility index (Phi) is 4.95. The molecule has 0 spiro atoms. The van der Waals surface area contributed by atoms with Gasteiger partial charge in [-0.1, -0.05) is 12.2 Å². The van der Waals surface area contributed by atoms with Gasteiger partial charge in [0.15, 0.2) is 0 Å². The lowest BCUT2D eigenvalue weighted by Gasteiger charge is -2.07. The van der Waals surface area contributed by atoms with Gasteiger partial charge in [0, 0.05) is 3.57 Å². The maximum atomic E-state index is 10.8. The lowest BCUT2D eigenvalue weighted by atomic mass is 10.1. The van der Waals surface area contributed by atoms with Crippen molar-refractivity contribution in [2.45, 2.75) is 13.5 Å². The molecular formula is C12H13IO3. The van der Waals surface area contributed by atoms with Gasteiger partial charge in [-0.2, -0.15) is 0 Å². The summed E-state index contributed by atoms with van der Waals surface area (Å²) < 4.78 is 6.40. The van der Waals surface area contributed by atoms with E-state index in [1.165, 1.54) is 0 Å². The Balaban J connectivity index is 2.74. The Morgan fingerprint density at radius 1 is 1.56 bits per heavy atom. The van der Waals surface area contributed by atoms with Crippen LogP contribution >= 0.6 is 22.6 Å². The predicted octanol–water partition coefficient (Wildman–Crippen LogP) is 3.08. The van der Waals surface area contributed by atoms with Crippen LogP contribution in [0.15, 0.2) is 30.4 Å². The van der Waals surface area contributed by atoms with Crippen LogP contribution in [0.2, 0.25) is 0 Å². The molecule has 0 aromatic heterocycles. The summed E-state index contributed by atoms with van der Waals surface area (Å²) in [6, 6.07) is 5.01. The van der Waals surface area contributed by atoms with E-state index in [1.54, 1.807) is 18.2 Å². The van der Waals surface area contributed by atoms with Crippen molar-refractivity contribution in [2.75, 3.05) is 6.61 Å². The first-order valence-corrected chi connectivity index (χ1v) is 5.82. The molecule has 0 aliphatic rings. The Labute approximate surface area is 108 Å². The third kappa shape index (κ3) is 3.94. The Bertz CT molecular complexity index is 413. The molecule has 0 heterocycles. The molecule has 0 aliphatic carbocycles. The second-order valence-electron chi connectivity index (χ2n) is 3.56. The minimum atomic E-state index is -0.919. The van der Waals surface area contributed by atoms with Crippen LogP contribution < -0.4 is 0 Å². The molecule has 0 fully saturated rings. The molecule has 0 aliphatic heterocycles. The highest BCUT2D eigenvalue weighted by atomic mass is 127. The monoisotopic (exact) mass is 332 g/mol. The molecule has 1 aromatic carbocycles. The maximum absolute atomic E-state index is 10.8. The number of ether oxygens (including phenoxy) is 1. The molecule has 0 atom stereocenters. The number of benzene rings is 1. The number of carbonyl (C=O) groups is 1. The average Bonchev–Trinajstić information content (AvgIpc) is 2.20. The number of aromatic carboxylic acids is 1. The Morgan fingerprint density at radius 2 is 2.25 bits per heavy atom. The molecule has 0 unspecified atom stereocenters. The van der Waals surface area contributed by atoms with Crippen molar-refractivity contribution in [1.29, 1.82) is 0 Å². The fourth-order valence-corrected chi connectivity index (χ4v) is 1.64. The van der Waals surface area contributed by atoms with Crippen LogP contribution in [0.4, 0.5) is 0 Å². The largest absolute Gasteiger partial charge is 0.478 e. The first-order chi connectivity index (χ1) is 7.50. The molecule has 4 heteroatoms. The zero-order chi connectivity index (χ0) is 12.1. The second kappa shape index (κ2) is 6.00. The standard InChI is InChI=1S/C12H13IO3/c1-8(2)6-16-7-10-5-9(12(14)15)3-4-11(10)13/h3-5H,1,6-7H2,2H3,(H,14,15). The van der Waals surface area contributed by atoms with Crippen LogP contribution in [0, 0.1) is 3.57 Å². The highest BCUT2D eigenvalue weighted by Gasteiger charge is 2.06. The van der Waals surface area contributed by atoms with Gasteiger partial charge < -0.3 is 9.84 Å². The Morgan fingerprint density at radius 3 is 2.81 bits per heavy atom. The van der Waals surface area contributed by atoms with Crippen molar-refractivity contribution in [3.8, 4) is 0 Å². The van der Waals surface area contributed by atoms with Crippen molar-refractivity contribution in [3.05, 3.63) is 45.0 Å². The predicted molar refractivity (Wildman–Crippen MR) is 70.6 cm³/mol. The quantitative estimate of drug-likeness (QED) is 0.666.